The van der Waals surface area contributed by atoms with Crippen LogP contribution < -0.4 is 16.2 Å². The van der Waals surface area contributed by atoms with Gasteiger partial charge in [0.1, 0.15) is 11.7 Å². The van der Waals surface area contributed by atoms with E-state index < -0.39 is 40.2 Å². The molecular weight excluding hydrogens is 405 g/mol. The summed E-state index contributed by atoms with van der Waals surface area (Å²) in [5.74, 6) is -1.31. The van der Waals surface area contributed by atoms with Gasteiger partial charge >= 0.3 is 6.18 Å². The monoisotopic (exact) mass is 422 g/mol. The van der Waals surface area contributed by atoms with E-state index in [2.05, 4.69) is 16.2 Å². The summed E-state index contributed by atoms with van der Waals surface area (Å²) in [7, 11) is 0. The Balaban J connectivity index is 1.97. The molecule has 1 unspecified atom stereocenters. The van der Waals surface area contributed by atoms with Crippen molar-refractivity contribution in [1.29, 1.82) is 0 Å². The molecule has 0 bridgehead atoms. The third-order valence-corrected chi connectivity index (χ3v) is 3.82. The summed E-state index contributed by atoms with van der Waals surface area (Å²) in [4.78, 5) is 34.0. The Bertz CT molecular complexity index is 962. The van der Waals surface area contributed by atoms with Crippen molar-refractivity contribution in [3.63, 3.8) is 0 Å². The third-order valence-electron chi connectivity index (χ3n) is 3.82. The third kappa shape index (κ3) is 6.33. The normalized spacial score (nSPS) is 12.3. The van der Waals surface area contributed by atoms with Gasteiger partial charge in [-0.05, 0) is 30.7 Å². The summed E-state index contributed by atoms with van der Waals surface area (Å²) in [5.41, 5.74) is 2.69. The first kappa shape index (κ1) is 22.4. The highest BCUT2D eigenvalue weighted by Gasteiger charge is 2.33. The number of rotatable bonds is 7. The van der Waals surface area contributed by atoms with E-state index in [4.69, 9.17) is 0 Å². The molecule has 30 heavy (non-hydrogen) atoms. The van der Waals surface area contributed by atoms with Gasteiger partial charge in [0.15, 0.2) is 0 Å². The number of alkyl halides is 3. The molecule has 158 valence electrons. The summed E-state index contributed by atoms with van der Waals surface area (Å²) in [6, 6.07) is 9.75. The summed E-state index contributed by atoms with van der Waals surface area (Å²) in [5, 5.41) is 13.4. The molecule has 0 saturated heterocycles. The number of nitro benzene ring substituents is 1. The number of nitro groups is 1. The Morgan fingerprint density at radius 1 is 1.13 bits per heavy atom. The highest BCUT2D eigenvalue weighted by molar-refractivity contribution is 5.95. The first-order chi connectivity index (χ1) is 14.1. The molecule has 0 saturated carbocycles. The molecule has 0 aliphatic heterocycles. The van der Waals surface area contributed by atoms with Gasteiger partial charge < -0.3 is 5.32 Å². The van der Waals surface area contributed by atoms with Gasteiger partial charge in [-0.3, -0.25) is 30.6 Å². The molecule has 0 aliphatic rings. The number of nitrogens with one attached hydrogen (secondary N) is 3. The number of hydrazine groups is 1. The molecule has 1 atom stereocenters. The van der Waals surface area contributed by atoms with E-state index >= 15 is 0 Å². The van der Waals surface area contributed by atoms with Gasteiger partial charge in [0, 0.05) is 12.1 Å². The number of halogens is 3. The molecule has 0 heterocycles. The summed E-state index contributed by atoms with van der Waals surface area (Å²) in [6.45, 7) is 1.37. The van der Waals surface area contributed by atoms with Crippen LogP contribution in [0.4, 0.5) is 24.5 Å². The smallest absolute Gasteiger partial charge is 0.341 e. The molecular formula is C19H17F3N4O4. The standard InChI is InChI=1S/C19H17F3N4O4/c1-12(23-17(27)10-7-13-5-3-2-4-6-13)18(28)25-24-15-9-8-14(19(20,21)22)11-16(15)26(29)30/h2-12,24H,1H3,(H,23,27)(H,25,28). The van der Waals surface area contributed by atoms with Gasteiger partial charge in [0.05, 0.1) is 10.5 Å². The number of anilines is 1. The average molecular weight is 422 g/mol. The average Bonchev–Trinajstić information content (AvgIpc) is 2.70. The maximum Gasteiger partial charge on any atom is 0.416 e. The van der Waals surface area contributed by atoms with Crippen molar-refractivity contribution in [2.45, 2.75) is 19.1 Å². The summed E-state index contributed by atoms with van der Waals surface area (Å²) < 4.78 is 38.2. The van der Waals surface area contributed by atoms with Crippen LogP contribution in [-0.2, 0) is 15.8 Å². The van der Waals surface area contributed by atoms with E-state index in [0.29, 0.717) is 12.1 Å². The van der Waals surface area contributed by atoms with Crippen molar-refractivity contribution in [2.75, 3.05) is 5.43 Å². The summed E-state index contributed by atoms with van der Waals surface area (Å²) in [6.07, 6.45) is -1.98. The first-order valence-electron chi connectivity index (χ1n) is 8.53. The van der Waals surface area contributed by atoms with Crippen LogP contribution >= 0.6 is 0 Å². The van der Waals surface area contributed by atoms with Crippen LogP contribution in [0.2, 0.25) is 0 Å². The minimum atomic E-state index is -4.75. The number of nitrogens with zero attached hydrogens (tertiary/aromatic N) is 1. The van der Waals surface area contributed by atoms with Crippen molar-refractivity contribution in [3.8, 4) is 0 Å². The predicted molar refractivity (Wildman–Crippen MR) is 103 cm³/mol. The molecule has 0 spiro atoms. The highest BCUT2D eigenvalue weighted by Crippen LogP contribution is 2.34. The zero-order chi connectivity index (χ0) is 22.3. The maximum atomic E-state index is 12.7. The molecule has 11 heteroatoms. The van der Waals surface area contributed by atoms with Crippen LogP contribution in [0.5, 0.6) is 0 Å². The van der Waals surface area contributed by atoms with E-state index in [0.717, 1.165) is 11.6 Å². The number of carbonyl (C=O) groups excluding carboxylic acids is 2. The molecule has 2 amide bonds. The second-order valence-electron chi connectivity index (χ2n) is 6.08. The second kappa shape index (κ2) is 9.54. The fraction of sp³-hybridized carbons (Fsp3) is 0.158. The molecule has 3 N–H and O–H groups in total. The number of amides is 2. The Kier molecular flexibility index (Phi) is 7.13. The predicted octanol–water partition coefficient (Wildman–Crippen LogP) is 3.27. The SMILES string of the molecule is CC(NC(=O)C=Cc1ccccc1)C(=O)NNc1ccc(C(F)(F)F)cc1[N+](=O)[O-]. The number of benzene rings is 2. The van der Waals surface area contributed by atoms with Crippen LogP contribution in [0.25, 0.3) is 6.08 Å². The van der Waals surface area contributed by atoms with E-state index in [1.165, 1.54) is 13.0 Å². The van der Waals surface area contributed by atoms with Crippen LogP contribution in [0.3, 0.4) is 0 Å². The Morgan fingerprint density at radius 2 is 1.80 bits per heavy atom. The molecule has 0 radical (unpaired) electrons. The Hall–Kier alpha value is -3.89. The lowest BCUT2D eigenvalue weighted by Crippen LogP contribution is -2.46. The van der Waals surface area contributed by atoms with Gasteiger partial charge in [-0.25, -0.2) is 0 Å². The van der Waals surface area contributed by atoms with E-state index in [1.54, 1.807) is 30.3 Å². The summed E-state index contributed by atoms with van der Waals surface area (Å²) >= 11 is 0. The lowest BCUT2D eigenvalue weighted by molar-refractivity contribution is -0.384. The van der Waals surface area contributed by atoms with Gasteiger partial charge in [-0.15, -0.1) is 0 Å². The molecule has 2 rings (SSSR count). The van der Waals surface area contributed by atoms with Crippen molar-refractivity contribution in [1.82, 2.24) is 10.7 Å². The molecule has 8 nitrogen and oxygen atoms in total. The Morgan fingerprint density at radius 3 is 2.40 bits per heavy atom. The minimum Gasteiger partial charge on any atom is -0.341 e. The van der Waals surface area contributed by atoms with Crippen molar-refractivity contribution < 1.29 is 27.7 Å². The van der Waals surface area contributed by atoms with Crippen molar-refractivity contribution in [2.24, 2.45) is 0 Å². The fourth-order valence-electron chi connectivity index (χ4n) is 2.27. The maximum absolute atomic E-state index is 12.7. The molecule has 0 fully saturated rings. The molecule has 0 aromatic heterocycles. The van der Waals surface area contributed by atoms with Gasteiger partial charge in [0.25, 0.3) is 11.6 Å². The van der Waals surface area contributed by atoms with E-state index in [-0.39, 0.29) is 5.69 Å². The largest absolute Gasteiger partial charge is 0.416 e. The van der Waals surface area contributed by atoms with Crippen LogP contribution in [0.15, 0.2) is 54.6 Å². The fourth-order valence-corrected chi connectivity index (χ4v) is 2.27. The zero-order valence-electron chi connectivity index (χ0n) is 15.6. The van der Waals surface area contributed by atoms with Gasteiger partial charge in [-0.2, -0.15) is 13.2 Å². The number of carbonyl (C=O) groups is 2. The zero-order valence-corrected chi connectivity index (χ0v) is 15.6. The van der Waals surface area contributed by atoms with E-state index in [1.807, 2.05) is 6.07 Å². The molecule has 2 aromatic rings. The Labute approximate surface area is 168 Å². The molecule has 0 aliphatic carbocycles. The van der Waals surface area contributed by atoms with Crippen LogP contribution in [-0.4, -0.2) is 22.8 Å². The minimum absolute atomic E-state index is 0.344. The lowest BCUT2D eigenvalue weighted by atomic mass is 10.1. The second-order valence-corrected chi connectivity index (χ2v) is 6.08. The molecule has 2 aromatic carbocycles. The van der Waals surface area contributed by atoms with Crippen LogP contribution in [0, 0.1) is 10.1 Å². The highest BCUT2D eigenvalue weighted by atomic mass is 19.4. The first-order valence-corrected chi connectivity index (χ1v) is 8.53. The van der Waals surface area contributed by atoms with E-state index in [9.17, 15) is 32.9 Å². The number of hydrogen-bond acceptors (Lipinski definition) is 5. The topological polar surface area (TPSA) is 113 Å². The quantitative estimate of drug-likeness (QED) is 0.360. The van der Waals surface area contributed by atoms with Crippen molar-refractivity contribution in [3.05, 3.63) is 75.8 Å². The van der Waals surface area contributed by atoms with Crippen molar-refractivity contribution >= 4 is 29.3 Å². The number of hydrogen-bond donors (Lipinski definition) is 3. The lowest BCUT2D eigenvalue weighted by Gasteiger charge is -2.15. The van der Waals surface area contributed by atoms with Gasteiger partial charge in [0.2, 0.25) is 5.91 Å². The van der Waals surface area contributed by atoms with Crippen LogP contribution in [0.1, 0.15) is 18.1 Å². The van der Waals surface area contributed by atoms with Gasteiger partial charge in [-0.1, -0.05) is 30.3 Å².